The highest BCUT2D eigenvalue weighted by molar-refractivity contribution is 5.05. The SMILES string of the molecule is CCC1(C)CN(C(C)CCOC)C2(CCCCC2)CN1. The Hall–Kier alpha value is -0.120. The van der Waals surface area contributed by atoms with Crippen LogP contribution in [-0.4, -0.2) is 48.8 Å². The smallest absolute Gasteiger partial charge is 0.0477 e. The molecule has 1 aliphatic heterocycles. The van der Waals surface area contributed by atoms with E-state index in [2.05, 4.69) is 31.0 Å². The molecule has 118 valence electrons. The molecule has 3 nitrogen and oxygen atoms in total. The number of rotatable bonds is 5. The van der Waals surface area contributed by atoms with Crippen molar-refractivity contribution in [3.63, 3.8) is 0 Å². The van der Waals surface area contributed by atoms with Gasteiger partial charge in [0.25, 0.3) is 0 Å². The number of piperazine rings is 1. The molecule has 0 bridgehead atoms. The number of methoxy groups -OCH3 is 1. The van der Waals surface area contributed by atoms with E-state index in [1.807, 2.05) is 7.11 Å². The topological polar surface area (TPSA) is 24.5 Å². The summed E-state index contributed by atoms with van der Waals surface area (Å²) in [6.07, 6.45) is 9.33. The molecule has 2 fully saturated rings. The average Bonchev–Trinajstić information content (AvgIpc) is 2.49. The van der Waals surface area contributed by atoms with E-state index in [4.69, 9.17) is 4.74 Å². The third kappa shape index (κ3) is 3.37. The zero-order valence-electron chi connectivity index (χ0n) is 14.0. The maximum Gasteiger partial charge on any atom is 0.0477 e. The Labute approximate surface area is 125 Å². The van der Waals surface area contributed by atoms with Crippen molar-refractivity contribution >= 4 is 0 Å². The maximum atomic E-state index is 5.32. The minimum Gasteiger partial charge on any atom is -0.385 e. The minimum atomic E-state index is 0.282. The van der Waals surface area contributed by atoms with Crippen LogP contribution in [-0.2, 0) is 4.74 Å². The van der Waals surface area contributed by atoms with Crippen LogP contribution in [0.4, 0.5) is 0 Å². The molecule has 0 aromatic carbocycles. The second kappa shape index (κ2) is 6.76. The Bertz CT molecular complexity index is 301. The van der Waals surface area contributed by atoms with E-state index in [1.165, 1.54) is 51.6 Å². The van der Waals surface area contributed by atoms with Crippen LogP contribution < -0.4 is 5.32 Å². The van der Waals surface area contributed by atoms with Crippen molar-refractivity contribution in [3.05, 3.63) is 0 Å². The molecule has 1 saturated carbocycles. The van der Waals surface area contributed by atoms with Gasteiger partial charge in [-0.3, -0.25) is 4.90 Å². The normalized spacial score (nSPS) is 32.4. The summed E-state index contributed by atoms with van der Waals surface area (Å²) in [4.78, 5) is 2.84. The van der Waals surface area contributed by atoms with E-state index in [-0.39, 0.29) is 5.54 Å². The predicted molar refractivity (Wildman–Crippen MR) is 85.2 cm³/mol. The Kier molecular flexibility index (Phi) is 5.49. The van der Waals surface area contributed by atoms with E-state index in [0.717, 1.165) is 13.0 Å². The summed E-state index contributed by atoms with van der Waals surface area (Å²) in [5.74, 6) is 0. The molecule has 1 spiro atoms. The first kappa shape index (κ1) is 16.3. The summed E-state index contributed by atoms with van der Waals surface area (Å²) in [7, 11) is 1.82. The Balaban J connectivity index is 2.13. The van der Waals surface area contributed by atoms with E-state index in [0.29, 0.717) is 11.6 Å². The number of ether oxygens (including phenoxy) is 1. The summed E-state index contributed by atoms with van der Waals surface area (Å²) in [5, 5.41) is 3.87. The molecule has 0 amide bonds. The number of nitrogens with zero attached hydrogens (tertiary/aromatic N) is 1. The van der Waals surface area contributed by atoms with Crippen LogP contribution in [0.5, 0.6) is 0 Å². The largest absolute Gasteiger partial charge is 0.385 e. The van der Waals surface area contributed by atoms with Gasteiger partial charge in [-0.1, -0.05) is 26.2 Å². The molecule has 0 aromatic heterocycles. The molecule has 20 heavy (non-hydrogen) atoms. The van der Waals surface area contributed by atoms with Gasteiger partial charge in [0, 0.05) is 43.9 Å². The summed E-state index contributed by atoms with van der Waals surface area (Å²) < 4.78 is 5.32. The van der Waals surface area contributed by atoms with Gasteiger partial charge in [-0.2, -0.15) is 0 Å². The van der Waals surface area contributed by atoms with Gasteiger partial charge >= 0.3 is 0 Å². The molecule has 1 heterocycles. The Morgan fingerprint density at radius 3 is 2.55 bits per heavy atom. The first-order valence-corrected chi connectivity index (χ1v) is 8.56. The molecule has 2 aliphatic rings. The van der Waals surface area contributed by atoms with Crippen LogP contribution >= 0.6 is 0 Å². The molecular weight excluding hydrogens is 248 g/mol. The molecule has 1 aliphatic carbocycles. The van der Waals surface area contributed by atoms with E-state index < -0.39 is 0 Å². The fourth-order valence-corrected chi connectivity index (χ4v) is 4.06. The lowest BCUT2D eigenvalue weighted by Crippen LogP contribution is -2.71. The third-order valence-corrected chi connectivity index (χ3v) is 5.81. The predicted octanol–water partition coefficient (Wildman–Crippen LogP) is 3.19. The van der Waals surface area contributed by atoms with Gasteiger partial charge in [0.15, 0.2) is 0 Å². The first-order valence-electron chi connectivity index (χ1n) is 8.56. The molecule has 2 atom stereocenters. The first-order chi connectivity index (χ1) is 9.55. The van der Waals surface area contributed by atoms with E-state index in [1.54, 1.807) is 0 Å². The summed E-state index contributed by atoms with van der Waals surface area (Å²) in [6, 6.07) is 0.626. The zero-order chi connectivity index (χ0) is 14.6. The van der Waals surface area contributed by atoms with Crippen LogP contribution in [0, 0.1) is 0 Å². The molecule has 0 radical (unpaired) electrons. The highest BCUT2D eigenvalue weighted by Crippen LogP contribution is 2.39. The fraction of sp³-hybridized carbons (Fsp3) is 1.00. The van der Waals surface area contributed by atoms with Crippen molar-refractivity contribution in [1.82, 2.24) is 10.2 Å². The van der Waals surface area contributed by atoms with Crippen LogP contribution in [0.1, 0.15) is 65.7 Å². The number of hydrogen-bond donors (Lipinski definition) is 1. The van der Waals surface area contributed by atoms with Crippen molar-refractivity contribution in [1.29, 1.82) is 0 Å². The lowest BCUT2D eigenvalue weighted by Gasteiger charge is -2.57. The molecule has 1 saturated heterocycles. The van der Waals surface area contributed by atoms with Gasteiger partial charge in [-0.05, 0) is 39.5 Å². The number of hydrogen-bond acceptors (Lipinski definition) is 3. The average molecular weight is 282 g/mol. The fourth-order valence-electron chi connectivity index (χ4n) is 4.06. The molecular formula is C17H34N2O. The monoisotopic (exact) mass is 282 g/mol. The van der Waals surface area contributed by atoms with Crippen LogP contribution in [0.3, 0.4) is 0 Å². The minimum absolute atomic E-state index is 0.282. The van der Waals surface area contributed by atoms with Gasteiger partial charge in [0.05, 0.1) is 0 Å². The Morgan fingerprint density at radius 1 is 1.25 bits per heavy atom. The van der Waals surface area contributed by atoms with Crippen LogP contribution in [0.2, 0.25) is 0 Å². The summed E-state index contributed by atoms with van der Waals surface area (Å²) >= 11 is 0. The highest BCUT2D eigenvalue weighted by Gasteiger charge is 2.46. The molecule has 1 N–H and O–H groups in total. The molecule has 3 heteroatoms. The van der Waals surface area contributed by atoms with Crippen LogP contribution in [0.15, 0.2) is 0 Å². The van der Waals surface area contributed by atoms with Crippen molar-refractivity contribution in [2.24, 2.45) is 0 Å². The standard InChI is InChI=1S/C17H34N2O/c1-5-16(3)14-19(15(2)9-12-20-4)17(13-18-16)10-7-6-8-11-17/h15,18H,5-14H2,1-4H3. The lowest BCUT2D eigenvalue weighted by atomic mass is 9.75. The van der Waals surface area contributed by atoms with Gasteiger partial charge in [0.2, 0.25) is 0 Å². The van der Waals surface area contributed by atoms with Crippen molar-refractivity contribution in [3.8, 4) is 0 Å². The van der Waals surface area contributed by atoms with Crippen molar-refractivity contribution < 1.29 is 4.74 Å². The molecule has 2 unspecified atom stereocenters. The summed E-state index contributed by atoms with van der Waals surface area (Å²) in [5.41, 5.74) is 0.699. The second-order valence-electron chi connectivity index (χ2n) is 7.31. The Morgan fingerprint density at radius 2 is 1.95 bits per heavy atom. The number of nitrogens with one attached hydrogen (secondary N) is 1. The van der Waals surface area contributed by atoms with E-state index >= 15 is 0 Å². The second-order valence-corrected chi connectivity index (χ2v) is 7.31. The van der Waals surface area contributed by atoms with Gasteiger partial charge in [-0.25, -0.2) is 0 Å². The van der Waals surface area contributed by atoms with Crippen molar-refractivity contribution in [2.45, 2.75) is 82.8 Å². The zero-order valence-corrected chi connectivity index (χ0v) is 14.0. The van der Waals surface area contributed by atoms with E-state index in [9.17, 15) is 0 Å². The van der Waals surface area contributed by atoms with Crippen molar-refractivity contribution in [2.75, 3.05) is 26.8 Å². The molecule has 2 rings (SSSR count). The van der Waals surface area contributed by atoms with Crippen LogP contribution in [0.25, 0.3) is 0 Å². The lowest BCUT2D eigenvalue weighted by molar-refractivity contribution is -0.0465. The maximum absolute atomic E-state index is 5.32. The van der Waals surface area contributed by atoms with Gasteiger partial charge in [-0.15, -0.1) is 0 Å². The highest BCUT2D eigenvalue weighted by atomic mass is 16.5. The quantitative estimate of drug-likeness (QED) is 0.838. The van der Waals surface area contributed by atoms with Gasteiger partial charge < -0.3 is 10.1 Å². The van der Waals surface area contributed by atoms with Gasteiger partial charge in [0.1, 0.15) is 0 Å². The summed E-state index contributed by atoms with van der Waals surface area (Å²) in [6.45, 7) is 10.3. The third-order valence-electron chi connectivity index (χ3n) is 5.81. The molecule has 0 aromatic rings.